The summed E-state index contributed by atoms with van der Waals surface area (Å²) in [5.74, 6) is 0.773. The summed E-state index contributed by atoms with van der Waals surface area (Å²) in [6, 6.07) is 4.11. The zero-order valence-corrected chi connectivity index (χ0v) is 20.9. The maximum Gasteiger partial charge on any atom is 0.165 e. The highest BCUT2D eigenvalue weighted by atomic mass is 35.5. The number of halogens is 2. The van der Waals surface area contributed by atoms with Crippen LogP contribution in [0, 0.1) is 17.3 Å². The van der Waals surface area contributed by atoms with Crippen LogP contribution in [0.5, 0.6) is 11.5 Å². The number of hydrogen-bond acceptors (Lipinski definition) is 5. The normalized spacial score (nSPS) is 41.2. The number of hydrogen-bond donors (Lipinski definition) is 2. The minimum absolute atomic E-state index is 0. The van der Waals surface area contributed by atoms with Crippen LogP contribution in [-0.2, 0) is 16.6 Å². The van der Waals surface area contributed by atoms with Gasteiger partial charge in [0, 0.05) is 42.0 Å². The van der Waals surface area contributed by atoms with Crippen LogP contribution in [0.25, 0.3) is 0 Å². The number of methoxy groups -OCH3 is 1. The number of rotatable bonds is 5. The number of likely N-dealkylation sites (tertiary alicyclic amines) is 1. The van der Waals surface area contributed by atoms with Crippen LogP contribution in [0.3, 0.4) is 0 Å². The van der Waals surface area contributed by atoms with E-state index in [1.807, 2.05) is 20.8 Å². The van der Waals surface area contributed by atoms with Crippen molar-refractivity contribution in [3.05, 3.63) is 23.3 Å². The van der Waals surface area contributed by atoms with Crippen LogP contribution in [0.15, 0.2) is 12.1 Å². The molecule has 1 aromatic carbocycles. The summed E-state index contributed by atoms with van der Waals surface area (Å²) in [5, 5.41) is 22.2. The quantitative estimate of drug-likeness (QED) is 0.665. The highest BCUT2D eigenvalue weighted by Crippen LogP contribution is 2.77. The topological polar surface area (TPSA) is 62.2 Å². The lowest BCUT2D eigenvalue weighted by atomic mass is 9.34. The third-order valence-corrected chi connectivity index (χ3v) is 10.1. The number of phenols is 1. The van der Waals surface area contributed by atoms with Gasteiger partial charge in [-0.15, -0.1) is 12.4 Å². The Morgan fingerprint density at radius 2 is 2.06 bits per heavy atom. The molecule has 6 aliphatic rings. The standard InChI is InChI=1S/C26H36FNO4.ClH/c1-15(13-27)14-28-10-9-25-20-16-5-6-17(29)21(20)32-22(25)26(31-4)8-7-24(25,19(28)11-16)12-18(26)23(2,3)30;/h5-6,15,18-19,22,29-30H,7-14H2,1-4H3;1H/t15-,18-,19-,22-,24-,25+,26-;/m1./s1. The van der Waals surface area contributed by atoms with Crippen LogP contribution < -0.4 is 4.74 Å². The Kier molecular flexibility index (Phi) is 5.17. The van der Waals surface area contributed by atoms with Gasteiger partial charge in [-0.2, -0.15) is 0 Å². The molecule has 7 atom stereocenters. The Morgan fingerprint density at radius 3 is 2.73 bits per heavy atom. The Bertz CT molecular complexity index is 968. The Morgan fingerprint density at radius 1 is 1.30 bits per heavy atom. The van der Waals surface area contributed by atoms with Crippen molar-refractivity contribution < 1.29 is 24.1 Å². The number of ether oxygens (including phenoxy) is 2. The Balaban J connectivity index is 0.00000228. The summed E-state index contributed by atoms with van der Waals surface area (Å²) in [5.41, 5.74) is 0.628. The minimum Gasteiger partial charge on any atom is -0.504 e. The lowest BCUT2D eigenvalue weighted by molar-refractivity contribution is -0.300. The number of piperidine rings is 1. The van der Waals surface area contributed by atoms with Crippen LogP contribution >= 0.6 is 12.4 Å². The van der Waals surface area contributed by atoms with Crippen LogP contribution in [0.4, 0.5) is 4.39 Å². The zero-order valence-electron chi connectivity index (χ0n) is 20.1. The summed E-state index contributed by atoms with van der Waals surface area (Å²) in [6.45, 7) is 7.14. The van der Waals surface area contributed by atoms with Crippen molar-refractivity contribution in [3.63, 3.8) is 0 Å². The van der Waals surface area contributed by atoms with Crippen molar-refractivity contribution in [2.45, 2.75) is 81.6 Å². The van der Waals surface area contributed by atoms with E-state index < -0.39 is 11.2 Å². The molecule has 4 bridgehead atoms. The molecule has 1 saturated heterocycles. The van der Waals surface area contributed by atoms with E-state index in [4.69, 9.17) is 9.47 Å². The Hall–Kier alpha value is -1.08. The molecule has 0 amide bonds. The second kappa shape index (κ2) is 7.22. The van der Waals surface area contributed by atoms with Gasteiger partial charge in [0.1, 0.15) is 11.7 Å². The lowest BCUT2D eigenvalue weighted by Crippen LogP contribution is -2.82. The summed E-state index contributed by atoms with van der Waals surface area (Å²) < 4.78 is 26.6. The first-order valence-electron chi connectivity index (χ1n) is 12.2. The van der Waals surface area contributed by atoms with Crippen LogP contribution in [0.1, 0.15) is 57.6 Å². The van der Waals surface area contributed by atoms with E-state index in [1.165, 1.54) is 11.1 Å². The predicted octanol–water partition coefficient (Wildman–Crippen LogP) is 4.01. The number of benzene rings is 1. The van der Waals surface area contributed by atoms with E-state index in [1.54, 1.807) is 13.2 Å². The van der Waals surface area contributed by atoms with Gasteiger partial charge in [-0.1, -0.05) is 13.0 Å². The van der Waals surface area contributed by atoms with Gasteiger partial charge in [-0.3, -0.25) is 9.29 Å². The first-order chi connectivity index (χ1) is 15.1. The number of aromatic hydroxyl groups is 1. The smallest absolute Gasteiger partial charge is 0.165 e. The lowest BCUT2D eigenvalue weighted by Gasteiger charge is -2.75. The number of phenolic OH excluding ortho intramolecular Hbond substituents is 1. The van der Waals surface area contributed by atoms with Crippen molar-refractivity contribution in [2.75, 3.05) is 26.9 Å². The second-order valence-electron chi connectivity index (χ2n) is 11.9. The first-order valence-corrected chi connectivity index (χ1v) is 12.2. The summed E-state index contributed by atoms with van der Waals surface area (Å²) in [6.07, 6.45) is 4.27. The fourth-order valence-corrected chi connectivity index (χ4v) is 9.05. The highest BCUT2D eigenvalue weighted by Gasteiger charge is 2.81. The molecule has 1 aromatic rings. The molecule has 184 valence electrons. The number of aliphatic hydroxyl groups is 1. The van der Waals surface area contributed by atoms with E-state index >= 15 is 0 Å². The summed E-state index contributed by atoms with van der Waals surface area (Å²) in [7, 11) is 1.76. The van der Waals surface area contributed by atoms with E-state index in [0.717, 1.165) is 45.2 Å². The largest absolute Gasteiger partial charge is 0.504 e. The van der Waals surface area contributed by atoms with Gasteiger partial charge >= 0.3 is 0 Å². The van der Waals surface area contributed by atoms with Gasteiger partial charge in [0.05, 0.1) is 12.3 Å². The molecule has 2 N–H and O–H groups in total. The zero-order chi connectivity index (χ0) is 22.7. The molecule has 7 heteroatoms. The van der Waals surface area contributed by atoms with Gasteiger partial charge < -0.3 is 19.7 Å². The molecule has 5 nitrogen and oxygen atoms in total. The molecule has 2 aliphatic heterocycles. The van der Waals surface area contributed by atoms with Gasteiger partial charge in [0.25, 0.3) is 0 Å². The average molecular weight is 482 g/mol. The maximum absolute atomic E-state index is 13.5. The van der Waals surface area contributed by atoms with Crippen LogP contribution in [0.2, 0.25) is 0 Å². The minimum atomic E-state index is -0.920. The fraction of sp³-hybridized carbons (Fsp3) is 0.769. The highest BCUT2D eigenvalue weighted by molar-refractivity contribution is 5.85. The molecule has 3 saturated carbocycles. The Labute approximate surface area is 202 Å². The molecule has 33 heavy (non-hydrogen) atoms. The molecule has 2 spiro atoms. The molecule has 4 fully saturated rings. The van der Waals surface area contributed by atoms with Crippen molar-refractivity contribution in [1.82, 2.24) is 4.90 Å². The third-order valence-electron chi connectivity index (χ3n) is 10.1. The van der Waals surface area contributed by atoms with E-state index in [9.17, 15) is 14.6 Å². The van der Waals surface area contributed by atoms with Crippen molar-refractivity contribution in [2.24, 2.45) is 17.3 Å². The molecule has 7 rings (SSSR count). The van der Waals surface area contributed by atoms with E-state index in [2.05, 4.69) is 11.0 Å². The summed E-state index contributed by atoms with van der Waals surface area (Å²) in [4.78, 5) is 2.53. The van der Waals surface area contributed by atoms with Crippen LogP contribution in [-0.4, -0.2) is 65.3 Å². The summed E-state index contributed by atoms with van der Waals surface area (Å²) >= 11 is 0. The SMILES string of the molecule is CO[C@]12CC[C@@]3(C[C@@H]1C(C)(C)O)[C@H]1Cc4ccc(O)c5c4[C@@]3(CCN1C[C@H](C)CF)[C@H]2O5.Cl. The first kappa shape index (κ1) is 23.7. The monoisotopic (exact) mass is 481 g/mol. The molecule has 4 aliphatic carbocycles. The molecule has 0 radical (unpaired) electrons. The molecule has 0 unspecified atom stereocenters. The maximum atomic E-state index is 13.5. The van der Waals surface area contributed by atoms with Gasteiger partial charge in [0.15, 0.2) is 11.5 Å². The third kappa shape index (κ3) is 2.59. The average Bonchev–Trinajstić information content (AvgIpc) is 3.13. The van der Waals surface area contributed by atoms with E-state index in [-0.39, 0.29) is 59.6 Å². The number of alkyl halides is 1. The predicted molar refractivity (Wildman–Crippen MR) is 126 cm³/mol. The molecular formula is C26H37ClFNO4. The number of nitrogens with zero attached hydrogens (tertiary/aromatic N) is 1. The van der Waals surface area contributed by atoms with Crippen molar-refractivity contribution in [1.29, 1.82) is 0 Å². The van der Waals surface area contributed by atoms with E-state index in [0.29, 0.717) is 5.75 Å². The van der Waals surface area contributed by atoms with Gasteiger partial charge in [-0.05, 0) is 70.0 Å². The van der Waals surface area contributed by atoms with Crippen molar-refractivity contribution in [3.8, 4) is 11.5 Å². The molecule has 2 heterocycles. The second-order valence-corrected chi connectivity index (χ2v) is 11.9. The van der Waals surface area contributed by atoms with Gasteiger partial charge in [-0.25, -0.2) is 0 Å². The fourth-order valence-electron chi connectivity index (χ4n) is 9.05. The molecular weight excluding hydrogens is 445 g/mol. The molecule has 0 aromatic heterocycles. The van der Waals surface area contributed by atoms with Gasteiger partial charge in [0.2, 0.25) is 0 Å². The number of fused-ring (bicyclic) bond motifs is 2. The van der Waals surface area contributed by atoms with Crippen molar-refractivity contribution >= 4 is 12.4 Å².